The number of nitrogens with zero attached hydrogens (tertiary/aromatic N) is 2. The number of carbonyl (C=O) groups is 4. The van der Waals surface area contributed by atoms with E-state index in [1.165, 1.54) is 0 Å². The Hall–Kier alpha value is -3.10. The Morgan fingerprint density at radius 2 is 1.11 bits per heavy atom. The molecule has 9 heteroatoms. The third kappa shape index (κ3) is 7.97. The van der Waals surface area contributed by atoms with Crippen molar-refractivity contribution in [2.24, 2.45) is 5.92 Å². The van der Waals surface area contributed by atoms with Gasteiger partial charge in [-0.25, -0.2) is 0 Å². The Balaban J connectivity index is 2.00. The lowest BCUT2D eigenvalue weighted by molar-refractivity contribution is -0.179. The molecule has 2 amide bonds. The van der Waals surface area contributed by atoms with Gasteiger partial charge in [0.25, 0.3) is 0 Å². The summed E-state index contributed by atoms with van der Waals surface area (Å²) in [6.07, 6.45) is 0.667. The number of piperidine rings is 2. The van der Waals surface area contributed by atoms with Crippen molar-refractivity contribution in [2.75, 3.05) is 0 Å². The summed E-state index contributed by atoms with van der Waals surface area (Å²) < 4.78 is 12.3. The van der Waals surface area contributed by atoms with Crippen molar-refractivity contribution in [3.8, 4) is 5.75 Å². The molecule has 2 fully saturated rings. The zero-order chi connectivity index (χ0) is 36.2. The maximum absolute atomic E-state index is 14.1. The van der Waals surface area contributed by atoms with Gasteiger partial charge >= 0.3 is 11.9 Å². The molecule has 0 spiro atoms. The van der Waals surface area contributed by atoms with Gasteiger partial charge in [0.15, 0.2) is 5.92 Å². The molecule has 1 aromatic carbocycles. The maximum Gasteiger partial charge on any atom is 0.320 e. The van der Waals surface area contributed by atoms with E-state index in [4.69, 9.17) is 9.47 Å². The highest BCUT2D eigenvalue weighted by Gasteiger charge is 2.50. The first-order chi connectivity index (χ1) is 21.1. The van der Waals surface area contributed by atoms with Gasteiger partial charge in [0.1, 0.15) is 18.0 Å². The average molecular weight is 657 g/mol. The fourth-order valence-electron chi connectivity index (χ4n) is 9.11. The van der Waals surface area contributed by atoms with Gasteiger partial charge in [-0.15, -0.1) is 0 Å². The Bertz CT molecular complexity index is 1310. The van der Waals surface area contributed by atoms with Crippen LogP contribution in [0.2, 0.25) is 0 Å². The van der Waals surface area contributed by atoms with Crippen LogP contribution in [0.1, 0.15) is 138 Å². The number of esters is 2. The highest BCUT2D eigenvalue weighted by Crippen LogP contribution is 2.42. The molecule has 264 valence electrons. The lowest BCUT2D eigenvalue weighted by Crippen LogP contribution is -2.64. The summed E-state index contributed by atoms with van der Waals surface area (Å²) in [4.78, 5) is 57.2. The topological polar surface area (TPSA) is 113 Å². The van der Waals surface area contributed by atoms with Crippen LogP contribution >= 0.6 is 0 Å². The van der Waals surface area contributed by atoms with Crippen LogP contribution in [0.4, 0.5) is 0 Å². The van der Waals surface area contributed by atoms with Gasteiger partial charge < -0.3 is 24.4 Å². The Kier molecular flexibility index (Phi) is 10.4. The second-order valence-corrected chi connectivity index (χ2v) is 17.6. The van der Waals surface area contributed by atoms with Crippen LogP contribution in [0.15, 0.2) is 6.07 Å². The molecule has 0 saturated carbocycles. The zero-order valence-electron chi connectivity index (χ0n) is 31.6. The number of carbonyl (C=O) groups excluding carboxylic acids is 4. The fraction of sp³-hybridized carbons (Fsp3) is 0.737. The summed E-state index contributed by atoms with van der Waals surface area (Å²) in [5.41, 5.74) is 0.388. The molecule has 47 heavy (non-hydrogen) atoms. The van der Waals surface area contributed by atoms with Gasteiger partial charge in [0.2, 0.25) is 11.8 Å². The van der Waals surface area contributed by atoms with Crippen molar-refractivity contribution in [2.45, 2.75) is 176 Å². The van der Waals surface area contributed by atoms with Crippen LogP contribution in [0.5, 0.6) is 5.75 Å². The number of benzene rings is 1. The van der Waals surface area contributed by atoms with Crippen molar-refractivity contribution in [3.05, 3.63) is 28.3 Å². The van der Waals surface area contributed by atoms with Crippen LogP contribution in [-0.2, 0) is 40.5 Å². The van der Waals surface area contributed by atoms with E-state index < -0.39 is 52.2 Å². The zero-order valence-corrected chi connectivity index (χ0v) is 31.6. The summed E-state index contributed by atoms with van der Waals surface area (Å²) in [5.74, 6) is -2.57. The van der Waals surface area contributed by atoms with E-state index in [9.17, 15) is 24.3 Å². The normalized spacial score (nSPS) is 21.0. The van der Waals surface area contributed by atoms with Gasteiger partial charge in [0, 0.05) is 61.7 Å². The van der Waals surface area contributed by atoms with E-state index in [0.29, 0.717) is 36.8 Å². The predicted molar refractivity (Wildman–Crippen MR) is 183 cm³/mol. The second kappa shape index (κ2) is 12.7. The largest absolute Gasteiger partial charge is 0.507 e. The molecule has 2 saturated heterocycles. The number of ether oxygens (including phenoxy) is 2. The molecule has 2 heterocycles. The molecule has 0 aromatic heterocycles. The second-order valence-electron chi connectivity index (χ2n) is 17.6. The van der Waals surface area contributed by atoms with Crippen molar-refractivity contribution < 1.29 is 33.8 Å². The van der Waals surface area contributed by atoms with E-state index >= 15 is 0 Å². The molecule has 0 bridgehead atoms. The van der Waals surface area contributed by atoms with Crippen LogP contribution in [-0.4, -0.2) is 73.0 Å². The lowest BCUT2D eigenvalue weighted by atomic mass is 9.77. The molecule has 3 rings (SSSR count). The number of amides is 2. The first kappa shape index (κ1) is 38.3. The van der Waals surface area contributed by atoms with E-state index in [-0.39, 0.29) is 29.4 Å². The van der Waals surface area contributed by atoms with Crippen molar-refractivity contribution in [1.82, 2.24) is 9.80 Å². The van der Waals surface area contributed by atoms with Crippen LogP contribution in [0, 0.1) is 19.8 Å². The van der Waals surface area contributed by atoms with Gasteiger partial charge in [-0.1, -0.05) is 26.8 Å². The highest BCUT2D eigenvalue weighted by molar-refractivity contribution is 5.95. The average Bonchev–Trinajstić information content (AvgIpc) is 2.81. The van der Waals surface area contributed by atoms with Crippen molar-refractivity contribution in [1.29, 1.82) is 0 Å². The number of phenols is 1. The number of rotatable bonds is 6. The molecule has 1 aromatic rings. The van der Waals surface area contributed by atoms with Crippen LogP contribution < -0.4 is 0 Å². The molecular weight excluding hydrogens is 596 g/mol. The molecule has 2 aliphatic rings. The first-order valence-electron chi connectivity index (χ1n) is 17.0. The molecule has 0 radical (unpaired) electrons. The maximum atomic E-state index is 14.1. The number of aryl methyl sites for hydroxylation is 1. The molecular formula is C38H60N2O7. The molecule has 9 nitrogen and oxygen atoms in total. The summed E-state index contributed by atoms with van der Waals surface area (Å²) in [6.45, 7) is 28.6. The van der Waals surface area contributed by atoms with Crippen molar-refractivity contribution >= 4 is 23.8 Å². The number of likely N-dealkylation sites (tertiary alicyclic amines) is 2. The van der Waals surface area contributed by atoms with Gasteiger partial charge in [-0.3, -0.25) is 19.2 Å². The monoisotopic (exact) mass is 656 g/mol. The minimum atomic E-state index is -1.28. The summed E-state index contributed by atoms with van der Waals surface area (Å²) in [6, 6.07) is 1.93. The highest BCUT2D eigenvalue weighted by atomic mass is 16.6. The molecule has 0 unspecified atom stereocenters. The minimum absolute atomic E-state index is 0.00543. The molecule has 0 atom stereocenters. The Morgan fingerprint density at radius 3 is 1.40 bits per heavy atom. The third-order valence-electron chi connectivity index (χ3n) is 10.2. The van der Waals surface area contributed by atoms with E-state index in [2.05, 4.69) is 0 Å². The molecule has 0 aliphatic carbocycles. The molecule has 1 N–H and O–H groups in total. The summed E-state index contributed by atoms with van der Waals surface area (Å²) in [5, 5.41) is 11.2. The number of hydrogen-bond acceptors (Lipinski definition) is 7. The van der Waals surface area contributed by atoms with E-state index in [1.807, 2.05) is 106 Å². The minimum Gasteiger partial charge on any atom is -0.507 e. The SMILES string of the molecule is CC(=O)N1C(C)(C)CC(OC(=O)C(Cc2c(C)cc(C(C)(C)C)c(O)c2C)C(=O)OC2CC(C)(C)N(C(C)=O)C(C)(C)C2)CC1(C)C. The van der Waals surface area contributed by atoms with E-state index in [1.54, 1.807) is 13.8 Å². The lowest BCUT2D eigenvalue weighted by Gasteiger charge is -2.54. The van der Waals surface area contributed by atoms with E-state index in [0.717, 1.165) is 11.1 Å². The predicted octanol–water partition coefficient (Wildman–Crippen LogP) is 6.69. The van der Waals surface area contributed by atoms with Crippen LogP contribution in [0.25, 0.3) is 0 Å². The van der Waals surface area contributed by atoms with Crippen molar-refractivity contribution in [3.63, 3.8) is 0 Å². The molecule has 2 aliphatic heterocycles. The van der Waals surface area contributed by atoms with Gasteiger partial charge in [0.05, 0.1) is 0 Å². The Labute approximate surface area is 282 Å². The summed E-state index contributed by atoms with van der Waals surface area (Å²) >= 11 is 0. The van der Waals surface area contributed by atoms with Gasteiger partial charge in [-0.05, 0) is 103 Å². The summed E-state index contributed by atoms with van der Waals surface area (Å²) in [7, 11) is 0. The number of phenolic OH excluding ortho intramolecular Hbond substituents is 1. The quantitative estimate of drug-likeness (QED) is 0.268. The Morgan fingerprint density at radius 1 is 0.766 bits per heavy atom. The third-order valence-corrected chi connectivity index (χ3v) is 10.2. The van der Waals surface area contributed by atoms with Gasteiger partial charge in [-0.2, -0.15) is 0 Å². The van der Waals surface area contributed by atoms with Crippen LogP contribution in [0.3, 0.4) is 0 Å². The first-order valence-corrected chi connectivity index (χ1v) is 17.0. The fourth-order valence-corrected chi connectivity index (χ4v) is 9.11. The standard InChI is InChI=1S/C38H60N2O7/c1-22-16-30(34(5,6)7)31(43)23(2)28(22)17-29(32(44)46-26-18-35(8,9)39(24(3)41)36(10,11)19-26)33(45)47-27-20-37(12,13)40(25(4)42)38(14,15)21-27/h16,26-27,29,43H,17-21H2,1-15H3. The number of hydrogen-bond donors (Lipinski definition) is 1. The smallest absolute Gasteiger partial charge is 0.320 e. The number of aromatic hydroxyl groups is 1.